The third kappa shape index (κ3) is 1.16. The van der Waals surface area contributed by atoms with E-state index in [1.54, 1.807) is 0 Å². The maximum atomic E-state index is 11.3. The van der Waals surface area contributed by atoms with Crippen LogP contribution in [0.5, 0.6) is 0 Å². The summed E-state index contributed by atoms with van der Waals surface area (Å²) in [6, 6.07) is 0. The zero-order valence-corrected chi connectivity index (χ0v) is 9.82. The maximum absolute atomic E-state index is 11.3. The molecule has 5 aliphatic rings. The van der Waals surface area contributed by atoms with E-state index in [1.807, 2.05) is 0 Å². The van der Waals surface area contributed by atoms with Crippen LogP contribution in [-0.4, -0.2) is 5.91 Å². The second-order valence-corrected chi connectivity index (χ2v) is 7.13. The largest absolute Gasteiger partial charge is 0.369 e. The molecule has 0 heterocycles. The van der Waals surface area contributed by atoms with Crippen LogP contribution in [0.4, 0.5) is 0 Å². The molecule has 5 saturated carbocycles. The van der Waals surface area contributed by atoms with Crippen LogP contribution in [0.15, 0.2) is 0 Å². The molecule has 0 spiro atoms. The smallest absolute Gasteiger partial charge is 0.220 e. The molecule has 2 atom stereocenters. The Morgan fingerprint density at radius 3 is 1.81 bits per heavy atom. The summed E-state index contributed by atoms with van der Waals surface area (Å²) in [6.45, 7) is 0. The number of rotatable bonds is 2. The van der Waals surface area contributed by atoms with E-state index in [2.05, 4.69) is 0 Å². The second-order valence-electron chi connectivity index (χ2n) is 7.13. The van der Waals surface area contributed by atoms with Crippen molar-refractivity contribution in [3.8, 4) is 0 Å². The molecule has 5 rings (SSSR count). The third-order valence-electron chi connectivity index (χ3n) is 6.03. The molecule has 2 N–H and O–H groups in total. The summed E-state index contributed by atoms with van der Waals surface area (Å²) in [5.74, 6) is 3.90. The van der Waals surface area contributed by atoms with E-state index in [0.29, 0.717) is 11.3 Å². The van der Waals surface area contributed by atoms with Gasteiger partial charge in [-0.15, -0.1) is 0 Å². The molecule has 0 aliphatic heterocycles. The highest BCUT2D eigenvalue weighted by Gasteiger charge is 2.61. The minimum atomic E-state index is -0.0271. The van der Waals surface area contributed by atoms with Crippen LogP contribution in [-0.2, 0) is 4.79 Å². The molecule has 2 unspecified atom stereocenters. The molecule has 0 radical (unpaired) electrons. The molecular weight excluding hydrogens is 198 g/mol. The van der Waals surface area contributed by atoms with E-state index in [9.17, 15) is 4.79 Å². The quantitative estimate of drug-likeness (QED) is 0.761. The zero-order valence-electron chi connectivity index (χ0n) is 9.82. The average Bonchev–Trinajstić information content (AvgIpc) is 2.94. The summed E-state index contributed by atoms with van der Waals surface area (Å²) in [5, 5.41) is 0. The molecule has 0 saturated heterocycles. The summed E-state index contributed by atoms with van der Waals surface area (Å²) in [4.78, 5) is 11.3. The van der Waals surface area contributed by atoms with Crippen molar-refractivity contribution in [3.63, 3.8) is 0 Å². The first-order valence-electron chi connectivity index (χ1n) is 6.95. The standard InChI is InChI=1S/C14H21NO/c15-13(16)11-4-12(11)14-5-8-1-9(6-14)3-10(2-8)7-14/h8-12H,1-7H2,(H2,15,16). The van der Waals surface area contributed by atoms with Crippen molar-refractivity contribution in [2.75, 3.05) is 0 Å². The molecular formula is C14H21NO. The fourth-order valence-corrected chi connectivity index (χ4v) is 5.82. The van der Waals surface area contributed by atoms with Gasteiger partial charge < -0.3 is 5.73 Å². The Kier molecular flexibility index (Phi) is 1.68. The Hall–Kier alpha value is -0.530. The topological polar surface area (TPSA) is 43.1 Å². The van der Waals surface area contributed by atoms with Gasteiger partial charge in [0.15, 0.2) is 0 Å². The lowest BCUT2D eigenvalue weighted by Crippen LogP contribution is -2.47. The minimum absolute atomic E-state index is 0.0271. The van der Waals surface area contributed by atoms with Crippen LogP contribution < -0.4 is 5.73 Å². The Bertz CT molecular complexity index is 313. The molecule has 0 aromatic heterocycles. The molecule has 16 heavy (non-hydrogen) atoms. The van der Waals surface area contributed by atoms with Crippen LogP contribution in [0.25, 0.3) is 0 Å². The molecule has 2 heteroatoms. The van der Waals surface area contributed by atoms with E-state index < -0.39 is 0 Å². The van der Waals surface area contributed by atoms with Gasteiger partial charge in [-0.25, -0.2) is 0 Å². The Morgan fingerprint density at radius 2 is 1.44 bits per heavy atom. The molecule has 4 bridgehead atoms. The summed E-state index contributed by atoms with van der Waals surface area (Å²) in [6.07, 6.45) is 9.86. The van der Waals surface area contributed by atoms with E-state index >= 15 is 0 Å². The maximum Gasteiger partial charge on any atom is 0.220 e. The normalized spacial score (nSPS) is 57.6. The molecule has 0 aromatic rings. The number of nitrogens with two attached hydrogens (primary N) is 1. The first-order valence-corrected chi connectivity index (χ1v) is 6.95. The molecule has 88 valence electrons. The fraction of sp³-hybridized carbons (Fsp3) is 0.929. The van der Waals surface area contributed by atoms with Crippen LogP contribution in [0.2, 0.25) is 0 Å². The number of amides is 1. The number of primary amides is 1. The van der Waals surface area contributed by atoms with E-state index in [0.717, 1.165) is 24.2 Å². The van der Waals surface area contributed by atoms with Crippen molar-refractivity contribution in [2.24, 2.45) is 40.7 Å². The summed E-state index contributed by atoms with van der Waals surface area (Å²) in [5.41, 5.74) is 6.03. The monoisotopic (exact) mass is 219 g/mol. The van der Waals surface area contributed by atoms with Gasteiger partial charge in [-0.3, -0.25) is 4.79 Å². The van der Waals surface area contributed by atoms with Gasteiger partial charge in [0, 0.05) is 5.92 Å². The number of carbonyl (C=O) groups is 1. The van der Waals surface area contributed by atoms with Gasteiger partial charge in [0.1, 0.15) is 0 Å². The first-order chi connectivity index (χ1) is 7.66. The van der Waals surface area contributed by atoms with Crippen molar-refractivity contribution >= 4 is 5.91 Å². The SMILES string of the molecule is NC(=O)C1CC1C12CC3CC(CC(C3)C1)C2. The Labute approximate surface area is 97.0 Å². The highest BCUT2D eigenvalue weighted by molar-refractivity contribution is 5.79. The molecule has 1 amide bonds. The average molecular weight is 219 g/mol. The van der Waals surface area contributed by atoms with Crippen LogP contribution >= 0.6 is 0 Å². The summed E-state index contributed by atoms with van der Waals surface area (Å²) < 4.78 is 0. The summed E-state index contributed by atoms with van der Waals surface area (Å²) >= 11 is 0. The van der Waals surface area contributed by atoms with Crippen LogP contribution in [0.1, 0.15) is 44.9 Å². The fourth-order valence-electron chi connectivity index (χ4n) is 5.82. The van der Waals surface area contributed by atoms with Gasteiger partial charge in [-0.2, -0.15) is 0 Å². The molecule has 5 aliphatic carbocycles. The Morgan fingerprint density at radius 1 is 0.938 bits per heavy atom. The van der Waals surface area contributed by atoms with Crippen molar-refractivity contribution in [2.45, 2.75) is 44.9 Å². The van der Waals surface area contributed by atoms with Gasteiger partial charge in [-0.05, 0) is 74.0 Å². The lowest BCUT2D eigenvalue weighted by atomic mass is 9.48. The molecule has 0 aromatic carbocycles. The molecule has 5 fully saturated rings. The van der Waals surface area contributed by atoms with Crippen LogP contribution in [0.3, 0.4) is 0 Å². The zero-order chi connectivity index (χ0) is 10.9. The van der Waals surface area contributed by atoms with E-state index in [4.69, 9.17) is 5.73 Å². The van der Waals surface area contributed by atoms with Gasteiger partial charge in [-0.1, -0.05) is 0 Å². The third-order valence-corrected chi connectivity index (χ3v) is 6.03. The predicted octanol–water partition coefficient (Wildman–Crippen LogP) is 2.32. The van der Waals surface area contributed by atoms with Crippen LogP contribution in [0, 0.1) is 35.0 Å². The lowest BCUT2D eigenvalue weighted by Gasteiger charge is -2.57. The van der Waals surface area contributed by atoms with Gasteiger partial charge in [0.25, 0.3) is 0 Å². The Balaban J connectivity index is 1.61. The van der Waals surface area contributed by atoms with E-state index in [1.165, 1.54) is 38.5 Å². The van der Waals surface area contributed by atoms with Crippen molar-refractivity contribution < 1.29 is 4.79 Å². The lowest BCUT2D eigenvalue weighted by molar-refractivity contribution is -0.121. The minimum Gasteiger partial charge on any atom is -0.369 e. The van der Waals surface area contributed by atoms with E-state index in [-0.39, 0.29) is 11.8 Å². The first kappa shape index (κ1) is 9.49. The van der Waals surface area contributed by atoms with Crippen molar-refractivity contribution in [1.82, 2.24) is 0 Å². The number of carbonyl (C=O) groups excluding carboxylic acids is 1. The number of hydrogen-bond acceptors (Lipinski definition) is 1. The predicted molar refractivity (Wildman–Crippen MR) is 61.4 cm³/mol. The van der Waals surface area contributed by atoms with Gasteiger partial charge >= 0.3 is 0 Å². The second kappa shape index (κ2) is 2.83. The van der Waals surface area contributed by atoms with Crippen molar-refractivity contribution in [3.05, 3.63) is 0 Å². The summed E-state index contributed by atoms with van der Waals surface area (Å²) in [7, 11) is 0. The highest BCUT2D eigenvalue weighted by Crippen LogP contribution is 2.68. The molecule has 2 nitrogen and oxygen atoms in total. The van der Waals surface area contributed by atoms with Gasteiger partial charge in [0.05, 0.1) is 0 Å². The highest BCUT2D eigenvalue weighted by atomic mass is 16.1. The van der Waals surface area contributed by atoms with Crippen molar-refractivity contribution in [1.29, 1.82) is 0 Å². The van der Waals surface area contributed by atoms with Gasteiger partial charge in [0.2, 0.25) is 5.91 Å². The number of hydrogen-bond donors (Lipinski definition) is 1.